The van der Waals surface area contributed by atoms with Crippen molar-refractivity contribution in [2.24, 2.45) is 5.41 Å². The molecule has 0 aliphatic carbocycles. The number of nitrogens with one attached hydrogen (secondary N) is 2. The minimum atomic E-state index is -5.08. The fraction of sp³-hybridized carbons (Fsp3) is 0.333. The zero-order chi connectivity index (χ0) is 26.3. The number of likely N-dealkylation sites (tertiary alicyclic amines) is 1. The number of carbonyl (C=O) groups is 2. The molecule has 192 valence electrons. The number of carboxylic acid groups (broad SMARTS) is 1. The van der Waals surface area contributed by atoms with Gasteiger partial charge >= 0.3 is 12.1 Å². The second kappa shape index (κ2) is 11.3. The van der Waals surface area contributed by atoms with Gasteiger partial charge in [-0.15, -0.1) is 0 Å². The van der Waals surface area contributed by atoms with Crippen LogP contribution in [0.15, 0.2) is 54.9 Å². The molecule has 12 heteroatoms. The van der Waals surface area contributed by atoms with Gasteiger partial charge in [0.05, 0.1) is 5.69 Å². The molecule has 0 radical (unpaired) electrons. The second-order valence-electron chi connectivity index (χ2n) is 8.61. The standard InChI is InChI=1S/C22H24FN5O.C2HF3O2/c1-22(9-11-28(12-10-22)14-16-5-3-2-4-6-16)21(29)26-19-8-7-17(13-18(19)23)20-24-15-25-27-20;3-2(4,5)1(6)7/h2-8,13,15H,9-12,14H2,1H3,(H,26,29)(H,24,25,27);(H,6,7). The first-order valence-electron chi connectivity index (χ1n) is 11.0. The number of aliphatic carboxylic acids is 1. The summed E-state index contributed by atoms with van der Waals surface area (Å²) < 4.78 is 46.2. The van der Waals surface area contributed by atoms with Gasteiger partial charge in [0, 0.05) is 17.5 Å². The van der Waals surface area contributed by atoms with Crippen molar-refractivity contribution in [3.8, 4) is 11.4 Å². The number of alkyl halides is 3. The molecule has 2 aromatic carbocycles. The summed E-state index contributed by atoms with van der Waals surface area (Å²) in [5.74, 6) is -2.90. The van der Waals surface area contributed by atoms with E-state index in [2.05, 4.69) is 37.5 Å². The highest BCUT2D eigenvalue weighted by Crippen LogP contribution is 2.33. The number of piperidine rings is 1. The lowest BCUT2D eigenvalue weighted by Gasteiger charge is -2.38. The fourth-order valence-corrected chi connectivity index (χ4v) is 3.65. The van der Waals surface area contributed by atoms with E-state index < -0.39 is 23.4 Å². The van der Waals surface area contributed by atoms with Crippen molar-refractivity contribution in [3.63, 3.8) is 0 Å². The number of H-pyrrole nitrogens is 1. The molecule has 1 amide bonds. The molecular formula is C24H25F4N5O3. The average molecular weight is 507 g/mol. The summed E-state index contributed by atoms with van der Waals surface area (Å²) in [7, 11) is 0. The van der Waals surface area contributed by atoms with Crippen molar-refractivity contribution in [1.29, 1.82) is 0 Å². The van der Waals surface area contributed by atoms with E-state index in [0.29, 0.717) is 11.4 Å². The maximum atomic E-state index is 14.5. The summed E-state index contributed by atoms with van der Waals surface area (Å²) in [6, 6.07) is 15.0. The number of carboxylic acids is 1. The van der Waals surface area contributed by atoms with Crippen molar-refractivity contribution in [2.75, 3.05) is 18.4 Å². The van der Waals surface area contributed by atoms with E-state index in [9.17, 15) is 22.4 Å². The third kappa shape index (κ3) is 7.11. The first-order chi connectivity index (χ1) is 17.0. The van der Waals surface area contributed by atoms with E-state index in [0.717, 1.165) is 32.5 Å². The molecule has 3 aromatic rings. The molecule has 2 heterocycles. The summed E-state index contributed by atoms with van der Waals surface area (Å²) in [5, 5.41) is 16.4. The average Bonchev–Trinajstić information content (AvgIpc) is 3.37. The van der Waals surface area contributed by atoms with Crippen LogP contribution in [0.4, 0.5) is 23.2 Å². The van der Waals surface area contributed by atoms with Crippen LogP contribution in [-0.4, -0.2) is 56.3 Å². The number of aromatic amines is 1. The number of anilines is 1. The molecule has 1 aliphatic heterocycles. The molecule has 3 N–H and O–H groups in total. The molecule has 1 aliphatic rings. The van der Waals surface area contributed by atoms with Gasteiger partial charge in [-0.25, -0.2) is 14.2 Å². The van der Waals surface area contributed by atoms with Gasteiger partial charge in [0.1, 0.15) is 12.1 Å². The maximum absolute atomic E-state index is 14.5. The zero-order valence-electron chi connectivity index (χ0n) is 19.3. The van der Waals surface area contributed by atoms with Gasteiger partial charge in [0.2, 0.25) is 5.91 Å². The number of halogens is 4. The Morgan fingerprint density at radius 3 is 2.31 bits per heavy atom. The zero-order valence-corrected chi connectivity index (χ0v) is 19.3. The first-order valence-corrected chi connectivity index (χ1v) is 11.0. The summed E-state index contributed by atoms with van der Waals surface area (Å²) in [6.07, 6.45) is -2.24. The van der Waals surface area contributed by atoms with Crippen molar-refractivity contribution in [2.45, 2.75) is 32.5 Å². The van der Waals surface area contributed by atoms with Crippen LogP contribution in [0.25, 0.3) is 11.4 Å². The fourth-order valence-electron chi connectivity index (χ4n) is 3.65. The molecule has 0 atom stereocenters. The molecular weight excluding hydrogens is 482 g/mol. The van der Waals surface area contributed by atoms with E-state index in [-0.39, 0.29) is 11.6 Å². The number of carbonyl (C=O) groups excluding carboxylic acids is 1. The van der Waals surface area contributed by atoms with Crippen LogP contribution in [0.5, 0.6) is 0 Å². The molecule has 1 aromatic heterocycles. The summed E-state index contributed by atoms with van der Waals surface area (Å²) in [6.45, 7) is 4.52. The third-order valence-electron chi connectivity index (χ3n) is 5.91. The lowest BCUT2D eigenvalue weighted by Crippen LogP contribution is -2.44. The second-order valence-corrected chi connectivity index (χ2v) is 8.61. The maximum Gasteiger partial charge on any atom is 0.490 e. The smallest absolute Gasteiger partial charge is 0.475 e. The molecule has 36 heavy (non-hydrogen) atoms. The van der Waals surface area contributed by atoms with Gasteiger partial charge in [-0.1, -0.05) is 37.3 Å². The quantitative estimate of drug-likeness (QED) is 0.439. The normalized spacial score (nSPS) is 15.5. The Bertz CT molecular complexity index is 1160. The molecule has 0 bridgehead atoms. The molecule has 0 unspecified atom stereocenters. The van der Waals surface area contributed by atoms with Crippen molar-refractivity contribution in [3.05, 3.63) is 66.2 Å². The van der Waals surface area contributed by atoms with Crippen LogP contribution in [0.2, 0.25) is 0 Å². The predicted octanol–water partition coefficient (Wildman–Crippen LogP) is 4.48. The van der Waals surface area contributed by atoms with Crippen LogP contribution in [0, 0.1) is 11.2 Å². The van der Waals surface area contributed by atoms with Gasteiger partial charge in [-0.2, -0.15) is 18.3 Å². The Kier molecular flexibility index (Phi) is 8.41. The SMILES string of the molecule is CC1(C(=O)Nc2ccc(-c3ncn[nH]3)cc2F)CCN(Cc2ccccc2)CC1.O=C(O)C(F)(F)F. The van der Waals surface area contributed by atoms with Gasteiger partial charge in [0.25, 0.3) is 0 Å². The largest absolute Gasteiger partial charge is 0.490 e. The minimum Gasteiger partial charge on any atom is -0.475 e. The molecule has 0 spiro atoms. The third-order valence-corrected chi connectivity index (χ3v) is 5.91. The lowest BCUT2D eigenvalue weighted by molar-refractivity contribution is -0.192. The lowest BCUT2D eigenvalue weighted by atomic mass is 9.79. The number of rotatable bonds is 5. The molecule has 8 nitrogen and oxygen atoms in total. The van der Waals surface area contributed by atoms with E-state index >= 15 is 0 Å². The summed E-state index contributed by atoms with van der Waals surface area (Å²) in [4.78, 5) is 28.2. The van der Waals surface area contributed by atoms with E-state index in [4.69, 9.17) is 9.90 Å². The Morgan fingerprint density at radius 2 is 1.78 bits per heavy atom. The Morgan fingerprint density at radius 1 is 1.14 bits per heavy atom. The highest BCUT2D eigenvalue weighted by atomic mass is 19.4. The molecule has 1 saturated heterocycles. The van der Waals surface area contributed by atoms with Crippen LogP contribution >= 0.6 is 0 Å². The number of benzene rings is 2. The Balaban J connectivity index is 0.000000454. The predicted molar refractivity (Wildman–Crippen MR) is 123 cm³/mol. The van der Waals surface area contributed by atoms with Gasteiger partial charge in [-0.05, 0) is 49.7 Å². The van der Waals surface area contributed by atoms with Crippen molar-refractivity contribution < 1.29 is 32.3 Å². The van der Waals surface area contributed by atoms with E-state index in [1.54, 1.807) is 12.1 Å². The monoisotopic (exact) mass is 507 g/mol. The minimum absolute atomic E-state index is 0.136. The van der Waals surface area contributed by atoms with E-state index in [1.807, 2.05) is 25.1 Å². The Labute approximate surface area is 204 Å². The molecule has 0 saturated carbocycles. The highest BCUT2D eigenvalue weighted by Gasteiger charge is 2.38. The first kappa shape index (κ1) is 26.8. The number of hydrogen-bond acceptors (Lipinski definition) is 5. The summed E-state index contributed by atoms with van der Waals surface area (Å²) >= 11 is 0. The molecule has 1 fully saturated rings. The van der Waals surface area contributed by atoms with Crippen LogP contribution in [-0.2, 0) is 16.1 Å². The van der Waals surface area contributed by atoms with Gasteiger partial charge in [0.15, 0.2) is 5.82 Å². The summed E-state index contributed by atoms with van der Waals surface area (Å²) in [5.41, 5.74) is 1.53. The van der Waals surface area contributed by atoms with Crippen molar-refractivity contribution >= 4 is 17.6 Å². The Hall–Kier alpha value is -3.80. The highest BCUT2D eigenvalue weighted by molar-refractivity contribution is 5.95. The van der Waals surface area contributed by atoms with Crippen LogP contribution < -0.4 is 5.32 Å². The van der Waals surface area contributed by atoms with Crippen molar-refractivity contribution in [1.82, 2.24) is 20.1 Å². The number of amides is 1. The van der Waals surface area contributed by atoms with Gasteiger partial charge in [-0.3, -0.25) is 14.8 Å². The van der Waals surface area contributed by atoms with Crippen LogP contribution in [0.3, 0.4) is 0 Å². The van der Waals surface area contributed by atoms with Crippen LogP contribution in [0.1, 0.15) is 25.3 Å². The number of aromatic nitrogens is 3. The number of nitrogens with zero attached hydrogens (tertiary/aromatic N) is 3. The number of hydrogen-bond donors (Lipinski definition) is 3. The van der Waals surface area contributed by atoms with Gasteiger partial charge < -0.3 is 10.4 Å². The van der Waals surface area contributed by atoms with E-state index in [1.165, 1.54) is 18.0 Å². The topological polar surface area (TPSA) is 111 Å². The molecule has 4 rings (SSSR count).